The fourth-order valence-electron chi connectivity index (χ4n) is 10.6. The second-order valence-corrected chi connectivity index (χ2v) is 21.5. The van der Waals surface area contributed by atoms with E-state index in [1.54, 1.807) is 23.5 Å². The van der Waals surface area contributed by atoms with Crippen LogP contribution in [0.5, 0.6) is 5.75 Å². The molecule has 4 aliphatic rings. The molecule has 2 aromatic carbocycles. The minimum absolute atomic E-state index is 0.0331. The van der Waals surface area contributed by atoms with Crippen LogP contribution in [0, 0.1) is 18.3 Å². The Balaban J connectivity index is 0.749. The molecule has 17 heteroatoms. The Morgan fingerprint density at radius 2 is 1.59 bits per heavy atom. The first-order valence-corrected chi connectivity index (χ1v) is 25.4. The molecule has 4 aliphatic heterocycles. The summed E-state index contributed by atoms with van der Waals surface area (Å²) in [5.41, 5.74) is 12.4. The Hall–Kier alpha value is -5.20. The van der Waals surface area contributed by atoms with Crippen LogP contribution in [-0.4, -0.2) is 152 Å². The van der Waals surface area contributed by atoms with Gasteiger partial charge in [0.05, 0.1) is 46.2 Å². The maximum Gasteiger partial charge on any atom is 0.246 e. The fourth-order valence-corrected chi connectivity index (χ4v) is 11.4. The standard InChI is InChI=1S/C51H71N11O5S/c1-32(35-10-12-36(13-11-35)46-33(2)53-31-68-46)54-49(66)43-26-39(63)29-62(43)50(67)47(51(3,4)5)56-45(65)30-60-20-14-34(15-21-60)28-59-22-18-38(19-23-59)61-24-16-37(17-25-61)55-42-27-41(57-58-48(42)52)40-8-6-7-9-44(40)64/h6-13,27,31-32,34,37-39,43,47,63-64H,14-26,28-30H2,1-5H3,(H2,52,58)(H,54,66)(H,55,57)(H,56,65)/t32-,39+,43-,47+/m0/s1. The third kappa shape index (κ3) is 12.0. The molecule has 8 rings (SSSR count). The van der Waals surface area contributed by atoms with Gasteiger partial charge in [-0.3, -0.25) is 19.3 Å². The van der Waals surface area contributed by atoms with Crippen molar-refractivity contribution in [1.82, 2.24) is 45.4 Å². The molecule has 4 saturated heterocycles. The van der Waals surface area contributed by atoms with E-state index in [0.29, 0.717) is 29.0 Å². The van der Waals surface area contributed by atoms with Crippen LogP contribution < -0.4 is 21.7 Å². The molecule has 366 valence electrons. The Morgan fingerprint density at radius 3 is 2.25 bits per heavy atom. The van der Waals surface area contributed by atoms with Gasteiger partial charge in [-0.15, -0.1) is 21.5 Å². The van der Waals surface area contributed by atoms with Gasteiger partial charge in [0.2, 0.25) is 17.7 Å². The molecule has 0 spiro atoms. The number of nitrogen functional groups attached to an aromatic ring is 1. The van der Waals surface area contributed by atoms with Gasteiger partial charge in [0, 0.05) is 50.2 Å². The predicted molar refractivity (Wildman–Crippen MR) is 267 cm³/mol. The summed E-state index contributed by atoms with van der Waals surface area (Å²) in [7, 11) is 0. The molecule has 3 amide bonds. The number of amides is 3. The number of aryl methyl sites for hydroxylation is 1. The highest BCUT2D eigenvalue weighted by molar-refractivity contribution is 7.13. The van der Waals surface area contributed by atoms with Crippen molar-refractivity contribution in [2.45, 2.75) is 116 Å². The molecule has 4 fully saturated rings. The highest BCUT2D eigenvalue weighted by Gasteiger charge is 2.45. The van der Waals surface area contributed by atoms with Gasteiger partial charge in [-0.2, -0.15) is 0 Å². The molecule has 7 N–H and O–H groups in total. The molecule has 4 atom stereocenters. The van der Waals surface area contributed by atoms with Crippen molar-refractivity contribution < 1.29 is 24.6 Å². The number of aromatic hydroxyl groups is 1. The monoisotopic (exact) mass is 950 g/mol. The number of hydrogen-bond donors (Lipinski definition) is 6. The normalized spacial score (nSPS) is 21.6. The lowest BCUT2D eigenvalue weighted by Crippen LogP contribution is -2.59. The number of phenolic OH excluding ortho intramolecular Hbond substituents is 1. The van der Waals surface area contributed by atoms with Crippen molar-refractivity contribution in [2.75, 3.05) is 70.0 Å². The second kappa shape index (κ2) is 21.6. The number of nitrogens with one attached hydrogen (secondary N) is 3. The molecular weight excluding hydrogens is 879 g/mol. The number of nitrogens with zero attached hydrogens (tertiary/aromatic N) is 7. The van der Waals surface area contributed by atoms with Crippen LogP contribution in [0.1, 0.15) is 89.9 Å². The molecule has 2 aromatic heterocycles. The third-order valence-electron chi connectivity index (χ3n) is 14.6. The number of β-amino-alcohol motifs (C(OH)–C–C–N with tert-alkyl or cyclic N) is 1. The van der Waals surface area contributed by atoms with Crippen LogP contribution >= 0.6 is 11.3 Å². The number of aliphatic hydroxyl groups is 1. The first kappa shape index (κ1) is 49.2. The molecule has 0 aliphatic carbocycles. The lowest BCUT2D eigenvalue weighted by molar-refractivity contribution is -0.144. The van der Waals surface area contributed by atoms with Gasteiger partial charge in [-0.1, -0.05) is 57.2 Å². The van der Waals surface area contributed by atoms with Gasteiger partial charge in [0.25, 0.3) is 0 Å². The van der Waals surface area contributed by atoms with E-state index in [0.717, 1.165) is 98.9 Å². The summed E-state index contributed by atoms with van der Waals surface area (Å²) in [6, 6.07) is 15.9. The number of rotatable bonds is 14. The SMILES string of the molecule is Cc1ncsc1-c1ccc([C@H](C)NC(=O)[C@@H]2C[C@@H](O)CN2C(=O)[C@@H](NC(=O)CN2CCC(CN3CCC(N4CCC(Nc5cc(-c6ccccc6O)nnc5N)CC4)CC3)CC2)C(C)(C)C)cc1. The number of aliphatic hydroxyl groups excluding tert-OH is 1. The van der Waals surface area contributed by atoms with Gasteiger partial charge in [-0.05, 0) is 119 Å². The number of hydrogen-bond acceptors (Lipinski definition) is 14. The zero-order valence-electron chi connectivity index (χ0n) is 40.4. The van der Waals surface area contributed by atoms with Crippen molar-refractivity contribution in [3.63, 3.8) is 0 Å². The van der Waals surface area contributed by atoms with E-state index in [1.165, 1.54) is 17.7 Å². The van der Waals surface area contributed by atoms with Gasteiger partial charge in [0.15, 0.2) is 5.82 Å². The Labute approximate surface area is 405 Å². The number of phenols is 1. The summed E-state index contributed by atoms with van der Waals surface area (Å²) >= 11 is 1.59. The lowest BCUT2D eigenvalue weighted by atomic mass is 9.85. The summed E-state index contributed by atoms with van der Waals surface area (Å²) in [4.78, 5) is 56.1. The number of anilines is 2. The summed E-state index contributed by atoms with van der Waals surface area (Å²) in [6.45, 7) is 16.9. The van der Waals surface area contributed by atoms with Crippen LogP contribution in [0.2, 0.25) is 0 Å². The fraction of sp³-hybridized carbons (Fsp3) is 0.569. The highest BCUT2D eigenvalue weighted by Crippen LogP contribution is 2.33. The van der Waals surface area contributed by atoms with Crippen molar-refractivity contribution in [3.05, 3.63) is 71.4 Å². The van der Waals surface area contributed by atoms with E-state index >= 15 is 0 Å². The smallest absolute Gasteiger partial charge is 0.246 e. The minimum Gasteiger partial charge on any atom is -0.507 e. The maximum atomic E-state index is 14.3. The first-order valence-electron chi connectivity index (χ1n) is 24.5. The van der Waals surface area contributed by atoms with Crippen molar-refractivity contribution in [1.29, 1.82) is 0 Å². The quantitative estimate of drug-likeness (QED) is 0.0953. The summed E-state index contributed by atoms with van der Waals surface area (Å²) in [5.74, 6) is 0.219. The first-order chi connectivity index (χ1) is 32.6. The molecule has 16 nitrogen and oxygen atoms in total. The molecule has 0 unspecified atom stereocenters. The van der Waals surface area contributed by atoms with Crippen molar-refractivity contribution >= 4 is 40.6 Å². The molecule has 68 heavy (non-hydrogen) atoms. The van der Waals surface area contributed by atoms with Gasteiger partial charge >= 0.3 is 0 Å². The van der Waals surface area contributed by atoms with E-state index in [4.69, 9.17) is 5.73 Å². The van der Waals surface area contributed by atoms with E-state index in [2.05, 4.69) is 45.8 Å². The Morgan fingerprint density at radius 1 is 0.897 bits per heavy atom. The Kier molecular flexibility index (Phi) is 15.7. The second-order valence-electron chi connectivity index (χ2n) is 20.6. The molecular formula is C51H71N11O5S. The van der Waals surface area contributed by atoms with Crippen LogP contribution in [0.15, 0.2) is 60.1 Å². The van der Waals surface area contributed by atoms with Crippen LogP contribution in [-0.2, 0) is 14.4 Å². The largest absolute Gasteiger partial charge is 0.507 e. The molecule has 0 radical (unpaired) electrons. The topological polar surface area (TPSA) is 205 Å². The average Bonchev–Trinajstić information content (AvgIpc) is 3.95. The van der Waals surface area contributed by atoms with Gasteiger partial charge in [-0.25, -0.2) is 4.98 Å². The molecule has 0 saturated carbocycles. The molecule has 6 heterocycles. The third-order valence-corrected chi connectivity index (χ3v) is 15.6. The summed E-state index contributed by atoms with van der Waals surface area (Å²) in [6.07, 6.45) is 5.72. The van der Waals surface area contributed by atoms with Crippen LogP contribution in [0.4, 0.5) is 11.5 Å². The number of carbonyl (C=O) groups is 3. The van der Waals surface area contributed by atoms with E-state index in [9.17, 15) is 24.6 Å². The minimum atomic E-state index is -0.867. The maximum absolute atomic E-state index is 14.3. The van der Waals surface area contributed by atoms with E-state index < -0.39 is 23.6 Å². The van der Waals surface area contributed by atoms with Gasteiger partial charge < -0.3 is 46.6 Å². The number of piperidine rings is 3. The summed E-state index contributed by atoms with van der Waals surface area (Å²) < 4.78 is 0. The molecule has 0 bridgehead atoms. The van der Waals surface area contributed by atoms with E-state index in [-0.39, 0.29) is 55.1 Å². The van der Waals surface area contributed by atoms with Crippen molar-refractivity contribution in [2.24, 2.45) is 11.3 Å². The zero-order chi connectivity index (χ0) is 48.1. The lowest BCUT2D eigenvalue weighted by Gasteiger charge is -2.43. The number of likely N-dealkylation sites (tertiary alicyclic amines) is 4. The highest BCUT2D eigenvalue weighted by atomic mass is 32.1. The van der Waals surface area contributed by atoms with E-state index in [1.807, 2.05) is 82.6 Å². The van der Waals surface area contributed by atoms with Crippen LogP contribution in [0.25, 0.3) is 21.7 Å². The van der Waals surface area contributed by atoms with Gasteiger partial charge in [0.1, 0.15) is 17.8 Å². The number of nitrogens with two attached hydrogens (primary N) is 1. The number of para-hydroxylation sites is 1. The number of thiazole rings is 1. The number of carbonyl (C=O) groups excluding carboxylic acids is 3. The predicted octanol–water partition coefficient (Wildman–Crippen LogP) is 5.29. The number of benzene rings is 2. The average molecular weight is 950 g/mol. The molecule has 4 aromatic rings. The zero-order valence-corrected chi connectivity index (χ0v) is 41.2. The summed E-state index contributed by atoms with van der Waals surface area (Å²) in [5, 5.41) is 39.2. The number of aromatic nitrogens is 3. The van der Waals surface area contributed by atoms with Crippen molar-refractivity contribution in [3.8, 4) is 27.4 Å². The Bertz CT molecular complexity index is 2350. The van der Waals surface area contributed by atoms with Crippen LogP contribution in [0.3, 0.4) is 0 Å².